The first-order valence-electron chi connectivity index (χ1n) is 11.8. The van der Waals surface area contributed by atoms with Crippen LogP contribution in [0.15, 0.2) is 37.4 Å². The molecule has 1 saturated heterocycles. The summed E-state index contributed by atoms with van der Waals surface area (Å²) in [7, 11) is 0. The average molecular weight is 586 g/mol. The number of nitrogens with zero attached hydrogens (tertiary/aromatic N) is 4. The van der Waals surface area contributed by atoms with E-state index in [1.165, 1.54) is 51.5 Å². The van der Waals surface area contributed by atoms with E-state index in [0.717, 1.165) is 35.8 Å². The monoisotopic (exact) mass is 585 g/mol. The summed E-state index contributed by atoms with van der Waals surface area (Å²) in [6.45, 7) is 2.92. The van der Waals surface area contributed by atoms with Crippen LogP contribution in [0.5, 0.6) is 0 Å². The van der Waals surface area contributed by atoms with Crippen molar-refractivity contribution in [3.8, 4) is 0 Å². The summed E-state index contributed by atoms with van der Waals surface area (Å²) in [6.07, 6.45) is 4.02. The van der Waals surface area contributed by atoms with Crippen molar-refractivity contribution < 1.29 is 29.1 Å². The van der Waals surface area contributed by atoms with Gasteiger partial charge in [-0.25, -0.2) is 4.79 Å². The van der Waals surface area contributed by atoms with Crippen molar-refractivity contribution >= 4 is 70.1 Å². The summed E-state index contributed by atoms with van der Waals surface area (Å²) in [5.74, 6) is -0.395. The smallest absolute Gasteiger partial charge is 0.352 e. The molecule has 2 N–H and O–H groups in total. The van der Waals surface area contributed by atoms with Gasteiger partial charge in [0.1, 0.15) is 29.2 Å². The summed E-state index contributed by atoms with van der Waals surface area (Å²) in [5, 5.41) is 25.6. The van der Waals surface area contributed by atoms with Gasteiger partial charge in [0.15, 0.2) is 10.1 Å². The van der Waals surface area contributed by atoms with E-state index < -0.39 is 29.2 Å². The molecule has 1 aromatic heterocycles. The van der Waals surface area contributed by atoms with Gasteiger partial charge in [0.25, 0.3) is 11.8 Å². The maximum absolute atomic E-state index is 13.2. The van der Waals surface area contributed by atoms with Crippen LogP contribution in [-0.2, 0) is 24.0 Å². The fraction of sp³-hybridized carbons (Fsp3) is 0.545. The molecule has 1 aromatic rings. The molecule has 0 aromatic carbocycles. The molecule has 0 saturated carbocycles. The largest absolute Gasteiger partial charge is 0.490 e. The first-order valence-corrected chi connectivity index (χ1v) is 15.7. The number of carboxylic acid groups (broad SMARTS) is 1. The molecule has 11 nitrogen and oxygen atoms in total. The quantitative estimate of drug-likeness (QED) is 0.116. The van der Waals surface area contributed by atoms with Gasteiger partial charge in [-0.15, -0.1) is 33.7 Å². The number of rotatable bonds is 13. The van der Waals surface area contributed by atoms with Crippen LogP contribution >= 0.6 is 46.6 Å². The van der Waals surface area contributed by atoms with Gasteiger partial charge in [-0.2, -0.15) is 0 Å². The molecule has 15 heteroatoms. The lowest BCUT2D eigenvalue weighted by molar-refractivity contribution is -0.150. The third kappa shape index (κ3) is 6.81. The van der Waals surface area contributed by atoms with Gasteiger partial charge in [0.05, 0.1) is 6.61 Å². The van der Waals surface area contributed by atoms with Gasteiger partial charge in [-0.3, -0.25) is 14.5 Å². The van der Waals surface area contributed by atoms with Crippen LogP contribution in [-0.4, -0.2) is 85.6 Å². The second-order valence-corrected chi connectivity index (χ2v) is 12.3. The molecule has 37 heavy (non-hydrogen) atoms. The number of hydrogen-bond acceptors (Lipinski definition) is 12. The molecule has 4 rings (SSSR count). The number of unbranched alkanes of at least 4 members (excludes halogenated alkanes) is 3. The number of carbonyl (C=O) groups excluding carboxylic acids is 2. The van der Waals surface area contributed by atoms with Crippen LogP contribution in [0.4, 0.5) is 0 Å². The van der Waals surface area contributed by atoms with Crippen molar-refractivity contribution in [2.24, 2.45) is 5.16 Å². The Bertz CT molecular complexity index is 1090. The number of nitrogens with one attached hydrogen (secondary N) is 1. The molecule has 2 atom stereocenters. The van der Waals surface area contributed by atoms with Crippen molar-refractivity contribution in [1.82, 2.24) is 20.4 Å². The summed E-state index contributed by atoms with van der Waals surface area (Å²) in [5.41, 5.74) is 2.17. The number of thioether (sulfide) groups is 3. The van der Waals surface area contributed by atoms with Gasteiger partial charge in [-0.1, -0.05) is 48.0 Å². The standard InChI is InChI=1S/C22H27N5O6S4/c1-2-3-4-5-6-33-26-15(14-11-34-8-7-32-14)18(28)24-16-19(29)27-17(21(30)31)13(9-35-20(16)27)10-36-22-25-23-12-37-22/h11-12,16,20H,2-10H2,1H3,(H,24,28)(H,30,31)/t16?,20-/m1/s1. The van der Waals surface area contributed by atoms with Crippen LogP contribution in [0, 0.1) is 0 Å². The number of carbonyl (C=O) groups is 3. The Kier molecular flexibility index (Phi) is 10.2. The SMILES string of the molecule is CCCCCCON=C(C(=O)NC1C(=O)N2C(C(=O)O)=C(CSc3nncs3)CS[C@H]12)C1=CSCCO1. The topological polar surface area (TPSA) is 143 Å². The Labute approximate surface area is 230 Å². The highest BCUT2D eigenvalue weighted by Gasteiger charge is 2.54. The molecule has 0 radical (unpaired) electrons. The van der Waals surface area contributed by atoms with E-state index in [9.17, 15) is 19.5 Å². The second-order valence-electron chi connectivity index (χ2n) is 8.15. The molecule has 1 fully saturated rings. The third-order valence-corrected chi connectivity index (χ3v) is 9.66. The predicted octanol–water partition coefficient (Wildman–Crippen LogP) is 2.93. The van der Waals surface area contributed by atoms with E-state index in [1.54, 1.807) is 10.9 Å². The van der Waals surface area contributed by atoms with E-state index in [1.807, 2.05) is 0 Å². The number of amides is 2. The minimum atomic E-state index is -1.17. The van der Waals surface area contributed by atoms with Gasteiger partial charge in [0, 0.05) is 22.7 Å². The number of oxime groups is 1. The Morgan fingerprint density at radius 1 is 1.38 bits per heavy atom. The minimum Gasteiger partial charge on any atom is -0.490 e. The molecule has 0 spiro atoms. The van der Waals surface area contributed by atoms with E-state index in [0.29, 0.717) is 36.1 Å². The Balaban J connectivity index is 1.42. The van der Waals surface area contributed by atoms with Gasteiger partial charge in [-0.05, 0) is 18.4 Å². The van der Waals surface area contributed by atoms with Gasteiger partial charge in [0.2, 0.25) is 5.71 Å². The van der Waals surface area contributed by atoms with Crippen molar-refractivity contribution in [3.63, 3.8) is 0 Å². The molecule has 0 bridgehead atoms. The summed E-state index contributed by atoms with van der Waals surface area (Å²) >= 11 is 5.66. The van der Waals surface area contributed by atoms with Crippen LogP contribution in [0.1, 0.15) is 32.6 Å². The zero-order chi connectivity index (χ0) is 26.2. The van der Waals surface area contributed by atoms with Crippen molar-refractivity contribution in [2.45, 2.75) is 48.4 Å². The fourth-order valence-electron chi connectivity index (χ4n) is 3.77. The number of hydrogen-bond donors (Lipinski definition) is 2. The van der Waals surface area contributed by atoms with Gasteiger partial charge >= 0.3 is 5.97 Å². The molecule has 200 valence electrons. The number of β-lactam (4-membered cyclic amide) rings is 1. The number of aromatic nitrogens is 2. The lowest BCUT2D eigenvalue weighted by Crippen LogP contribution is -2.71. The fourth-order valence-corrected chi connectivity index (χ4v) is 7.37. The third-order valence-electron chi connectivity index (χ3n) is 5.59. The highest BCUT2D eigenvalue weighted by atomic mass is 32.2. The summed E-state index contributed by atoms with van der Waals surface area (Å²) < 4.78 is 6.34. The van der Waals surface area contributed by atoms with Crippen molar-refractivity contribution in [3.05, 3.63) is 27.9 Å². The Morgan fingerprint density at radius 3 is 2.95 bits per heavy atom. The molecule has 0 aliphatic carbocycles. The molecule has 2 amide bonds. The second kappa shape index (κ2) is 13.5. The Morgan fingerprint density at radius 2 is 2.24 bits per heavy atom. The lowest BCUT2D eigenvalue weighted by atomic mass is 10.0. The zero-order valence-corrected chi connectivity index (χ0v) is 23.3. The first-order chi connectivity index (χ1) is 18.0. The molecule has 3 aliphatic heterocycles. The van der Waals surface area contributed by atoms with Crippen molar-refractivity contribution in [2.75, 3.05) is 30.5 Å². The van der Waals surface area contributed by atoms with Crippen LogP contribution in [0.3, 0.4) is 0 Å². The minimum absolute atomic E-state index is 0.0297. The van der Waals surface area contributed by atoms with Crippen LogP contribution < -0.4 is 5.32 Å². The summed E-state index contributed by atoms with van der Waals surface area (Å²) in [4.78, 5) is 44.9. The zero-order valence-electron chi connectivity index (χ0n) is 20.1. The maximum Gasteiger partial charge on any atom is 0.352 e. The van der Waals surface area contributed by atoms with Gasteiger partial charge < -0.3 is 20.0 Å². The molecule has 3 aliphatic rings. The maximum atomic E-state index is 13.2. The first kappa shape index (κ1) is 27.8. The number of aliphatic carboxylic acids is 1. The van der Waals surface area contributed by atoms with E-state index in [2.05, 4.69) is 27.6 Å². The lowest BCUT2D eigenvalue weighted by Gasteiger charge is -2.49. The van der Waals surface area contributed by atoms with E-state index in [4.69, 9.17) is 9.57 Å². The summed E-state index contributed by atoms with van der Waals surface area (Å²) in [6, 6.07) is -0.879. The molecule has 1 unspecified atom stereocenters. The molecule has 4 heterocycles. The predicted molar refractivity (Wildman–Crippen MR) is 144 cm³/mol. The normalized spacial score (nSPS) is 21.5. The number of carboxylic acids is 1. The Hall–Kier alpha value is -2.23. The van der Waals surface area contributed by atoms with E-state index >= 15 is 0 Å². The number of fused-ring (bicyclic) bond motifs is 1. The van der Waals surface area contributed by atoms with Crippen LogP contribution in [0.25, 0.3) is 0 Å². The highest BCUT2D eigenvalue weighted by Crippen LogP contribution is 2.41. The average Bonchev–Trinajstić information content (AvgIpc) is 3.43. The van der Waals surface area contributed by atoms with E-state index in [-0.39, 0.29) is 11.4 Å². The number of ether oxygens (including phenoxy) is 1. The molecular formula is C22H27N5O6S4. The molecular weight excluding hydrogens is 559 g/mol. The highest BCUT2D eigenvalue weighted by molar-refractivity contribution is 8.02. The van der Waals surface area contributed by atoms with Crippen molar-refractivity contribution in [1.29, 1.82) is 0 Å². The van der Waals surface area contributed by atoms with Crippen LogP contribution in [0.2, 0.25) is 0 Å².